The monoisotopic (exact) mass is 208 g/mol. The summed E-state index contributed by atoms with van der Waals surface area (Å²) in [5.74, 6) is 1.97. The van der Waals surface area contributed by atoms with Gasteiger partial charge in [0.05, 0.1) is 0 Å². The van der Waals surface area contributed by atoms with Gasteiger partial charge >= 0.3 is 5.97 Å². The summed E-state index contributed by atoms with van der Waals surface area (Å²) >= 11 is 5.77. The van der Waals surface area contributed by atoms with Crippen LogP contribution in [-0.2, 0) is 9.53 Å². The highest BCUT2D eigenvalue weighted by Gasteiger charge is 2.10. The van der Waals surface area contributed by atoms with Crippen molar-refractivity contribution in [3.05, 3.63) is 34.9 Å². The SMILES string of the molecule is C#CC(OC(C)=O)c1cccc(Cl)c1. The van der Waals surface area contributed by atoms with Gasteiger partial charge in [0.2, 0.25) is 0 Å². The van der Waals surface area contributed by atoms with Crippen LogP contribution in [0.2, 0.25) is 5.02 Å². The fourth-order valence-electron chi connectivity index (χ4n) is 1.03. The van der Waals surface area contributed by atoms with E-state index in [0.717, 1.165) is 0 Å². The van der Waals surface area contributed by atoms with E-state index in [-0.39, 0.29) is 0 Å². The Bertz CT molecular complexity index is 379. The van der Waals surface area contributed by atoms with E-state index in [1.807, 2.05) is 0 Å². The van der Waals surface area contributed by atoms with Gasteiger partial charge in [0, 0.05) is 17.5 Å². The van der Waals surface area contributed by atoms with E-state index in [9.17, 15) is 4.79 Å². The van der Waals surface area contributed by atoms with E-state index in [0.29, 0.717) is 10.6 Å². The van der Waals surface area contributed by atoms with Crippen LogP contribution in [0.15, 0.2) is 24.3 Å². The molecule has 0 bridgehead atoms. The topological polar surface area (TPSA) is 26.3 Å². The minimum Gasteiger partial charge on any atom is -0.444 e. The fraction of sp³-hybridized carbons (Fsp3) is 0.182. The Kier molecular flexibility index (Phi) is 3.55. The lowest BCUT2D eigenvalue weighted by Crippen LogP contribution is -2.06. The Balaban J connectivity index is 2.90. The van der Waals surface area contributed by atoms with Gasteiger partial charge in [0.25, 0.3) is 0 Å². The molecule has 14 heavy (non-hydrogen) atoms. The average Bonchev–Trinajstić information content (AvgIpc) is 2.14. The number of rotatable bonds is 2. The normalized spacial score (nSPS) is 11.5. The van der Waals surface area contributed by atoms with Gasteiger partial charge in [0.15, 0.2) is 6.10 Å². The highest BCUT2D eigenvalue weighted by atomic mass is 35.5. The number of esters is 1. The lowest BCUT2D eigenvalue weighted by molar-refractivity contribution is -0.144. The Morgan fingerprint density at radius 2 is 2.36 bits per heavy atom. The minimum atomic E-state index is -0.661. The second-order valence-electron chi connectivity index (χ2n) is 2.71. The first-order chi connectivity index (χ1) is 6.63. The van der Waals surface area contributed by atoms with Crippen molar-refractivity contribution in [1.82, 2.24) is 0 Å². The van der Waals surface area contributed by atoms with E-state index in [1.165, 1.54) is 6.92 Å². The molecule has 0 spiro atoms. The number of carbonyl (C=O) groups is 1. The van der Waals surface area contributed by atoms with Crippen molar-refractivity contribution < 1.29 is 9.53 Å². The number of carbonyl (C=O) groups excluding carboxylic acids is 1. The van der Waals surface area contributed by atoms with E-state index in [1.54, 1.807) is 24.3 Å². The molecule has 0 saturated carbocycles. The zero-order chi connectivity index (χ0) is 10.6. The van der Waals surface area contributed by atoms with Crippen molar-refractivity contribution in [1.29, 1.82) is 0 Å². The van der Waals surface area contributed by atoms with Gasteiger partial charge in [-0.1, -0.05) is 29.7 Å². The maximum absolute atomic E-state index is 10.7. The lowest BCUT2D eigenvalue weighted by Gasteiger charge is -2.10. The molecule has 0 aromatic heterocycles. The van der Waals surface area contributed by atoms with E-state index in [4.69, 9.17) is 22.8 Å². The number of hydrogen-bond donors (Lipinski definition) is 0. The van der Waals surface area contributed by atoms with Gasteiger partial charge in [-0.15, -0.1) is 6.42 Å². The van der Waals surface area contributed by atoms with Gasteiger partial charge < -0.3 is 4.74 Å². The minimum absolute atomic E-state index is 0.409. The number of benzene rings is 1. The summed E-state index contributed by atoms with van der Waals surface area (Å²) in [7, 11) is 0. The first-order valence-electron chi connectivity index (χ1n) is 4.02. The predicted molar refractivity (Wildman–Crippen MR) is 54.8 cm³/mol. The van der Waals surface area contributed by atoms with Crippen molar-refractivity contribution in [3.63, 3.8) is 0 Å². The van der Waals surface area contributed by atoms with Crippen LogP contribution in [0.5, 0.6) is 0 Å². The molecule has 1 rings (SSSR count). The quantitative estimate of drug-likeness (QED) is 0.552. The van der Waals surface area contributed by atoms with Gasteiger partial charge in [-0.3, -0.25) is 4.79 Å². The smallest absolute Gasteiger partial charge is 0.304 e. The van der Waals surface area contributed by atoms with Crippen molar-refractivity contribution in [2.75, 3.05) is 0 Å². The standard InChI is InChI=1S/C11H9ClO2/c1-3-11(14-8(2)13)9-5-4-6-10(12)7-9/h1,4-7,11H,2H3. The molecule has 0 aliphatic rings. The summed E-state index contributed by atoms with van der Waals surface area (Å²) in [6, 6.07) is 6.92. The molecule has 1 atom stereocenters. The Hall–Kier alpha value is -1.46. The van der Waals surface area contributed by atoms with Crippen molar-refractivity contribution >= 4 is 17.6 Å². The average molecular weight is 209 g/mol. The fourth-order valence-corrected chi connectivity index (χ4v) is 1.23. The van der Waals surface area contributed by atoms with Gasteiger partial charge in [-0.05, 0) is 12.1 Å². The summed E-state index contributed by atoms with van der Waals surface area (Å²) in [4.78, 5) is 10.7. The number of terminal acetylenes is 1. The van der Waals surface area contributed by atoms with Crippen LogP contribution < -0.4 is 0 Å². The third kappa shape index (κ3) is 2.79. The second kappa shape index (κ2) is 4.69. The molecule has 72 valence electrons. The van der Waals surface area contributed by atoms with Crippen LogP contribution in [0.1, 0.15) is 18.6 Å². The van der Waals surface area contributed by atoms with Gasteiger partial charge in [-0.25, -0.2) is 0 Å². The lowest BCUT2D eigenvalue weighted by atomic mass is 10.1. The van der Waals surface area contributed by atoms with Crippen LogP contribution in [0.3, 0.4) is 0 Å². The maximum atomic E-state index is 10.7. The van der Waals surface area contributed by atoms with Crippen molar-refractivity contribution in [2.24, 2.45) is 0 Å². The molecule has 0 radical (unpaired) electrons. The third-order valence-corrected chi connectivity index (χ3v) is 1.82. The predicted octanol–water partition coefficient (Wildman–Crippen LogP) is 2.58. The molecular formula is C11H9ClO2. The van der Waals surface area contributed by atoms with E-state index >= 15 is 0 Å². The molecule has 1 aromatic rings. The Morgan fingerprint density at radius 3 is 2.86 bits per heavy atom. The van der Waals surface area contributed by atoms with Crippen LogP contribution >= 0.6 is 11.6 Å². The van der Waals surface area contributed by atoms with Crippen LogP contribution in [0, 0.1) is 12.3 Å². The van der Waals surface area contributed by atoms with E-state index in [2.05, 4.69) is 5.92 Å². The summed E-state index contributed by atoms with van der Waals surface area (Å²) in [6.07, 6.45) is 4.57. The molecule has 0 heterocycles. The number of hydrogen-bond acceptors (Lipinski definition) is 2. The molecule has 0 saturated heterocycles. The van der Waals surface area contributed by atoms with Crippen LogP contribution in [0.25, 0.3) is 0 Å². The summed E-state index contributed by atoms with van der Waals surface area (Å²) in [6.45, 7) is 1.31. The first kappa shape index (κ1) is 10.6. The highest BCUT2D eigenvalue weighted by molar-refractivity contribution is 6.30. The van der Waals surface area contributed by atoms with Crippen molar-refractivity contribution in [2.45, 2.75) is 13.0 Å². The molecule has 0 N–H and O–H groups in total. The zero-order valence-corrected chi connectivity index (χ0v) is 8.41. The van der Waals surface area contributed by atoms with Crippen molar-refractivity contribution in [3.8, 4) is 12.3 Å². The molecule has 2 nitrogen and oxygen atoms in total. The van der Waals surface area contributed by atoms with Gasteiger partial charge in [-0.2, -0.15) is 0 Å². The molecule has 0 amide bonds. The summed E-state index contributed by atoms with van der Waals surface area (Å²) < 4.78 is 4.91. The largest absolute Gasteiger partial charge is 0.444 e. The zero-order valence-electron chi connectivity index (χ0n) is 7.66. The molecular weight excluding hydrogens is 200 g/mol. The number of ether oxygens (including phenoxy) is 1. The second-order valence-corrected chi connectivity index (χ2v) is 3.15. The number of halogens is 1. The van der Waals surface area contributed by atoms with Crippen LogP contribution in [-0.4, -0.2) is 5.97 Å². The molecule has 1 unspecified atom stereocenters. The molecule has 0 aliphatic heterocycles. The Labute approximate surface area is 87.8 Å². The first-order valence-corrected chi connectivity index (χ1v) is 4.40. The molecule has 1 aromatic carbocycles. The molecule has 0 aliphatic carbocycles. The Morgan fingerprint density at radius 1 is 1.64 bits per heavy atom. The third-order valence-electron chi connectivity index (χ3n) is 1.59. The summed E-state index contributed by atoms with van der Waals surface area (Å²) in [5, 5.41) is 0.565. The maximum Gasteiger partial charge on any atom is 0.304 e. The summed E-state index contributed by atoms with van der Waals surface area (Å²) in [5.41, 5.74) is 0.704. The molecule has 3 heteroatoms. The van der Waals surface area contributed by atoms with Gasteiger partial charge in [0.1, 0.15) is 0 Å². The highest BCUT2D eigenvalue weighted by Crippen LogP contribution is 2.20. The molecule has 0 fully saturated rings. The van der Waals surface area contributed by atoms with E-state index < -0.39 is 12.1 Å². The van der Waals surface area contributed by atoms with Crippen LogP contribution in [0.4, 0.5) is 0 Å².